The fourth-order valence-corrected chi connectivity index (χ4v) is 4.06. The van der Waals surface area contributed by atoms with Crippen molar-refractivity contribution in [2.24, 2.45) is 5.73 Å². The van der Waals surface area contributed by atoms with Crippen molar-refractivity contribution in [1.82, 2.24) is 4.90 Å². The van der Waals surface area contributed by atoms with Gasteiger partial charge >= 0.3 is 5.97 Å². The average Bonchev–Trinajstić information content (AvgIpc) is 2.81. The minimum absolute atomic E-state index is 0.00610. The predicted octanol–water partition coefficient (Wildman–Crippen LogP) is 0.792. The maximum atomic E-state index is 12.4. The molecule has 9 heteroatoms. The lowest BCUT2D eigenvalue weighted by atomic mass is 9.92. The number of likely N-dealkylation sites (tertiary alicyclic amines) is 1. The highest BCUT2D eigenvalue weighted by molar-refractivity contribution is 7.16. The van der Waals surface area contributed by atoms with Gasteiger partial charge in [0.25, 0.3) is 5.91 Å². The first-order chi connectivity index (χ1) is 12.2. The zero-order chi connectivity index (χ0) is 19.5. The third-order valence-corrected chi connectivity index (χ3v) is 5.62. The normalized spacial score (nSPS) is 20.6. The number of amides is 2. The summed E-state index contributed by atoms with van der Waals surface area (Å²) in [5.41, 5.74) is 4.80. The van der Waals surface area contributed by atoms with E-state index in [0.29, 0.717) is 23.5 Å². The van der Waals surface area contributed by atoms with E-state index in [1.807, 2.05) is 13.8 Å². The summed E-state index contributed by atoms with van der Waals surface area (Å²) >= 11 is 1.32. The van der Waals surface area contributed by atoms with Crippen LogP contribution in [0.2, 0.25) is 0 Å². The van der Waals surface area contributed by atoms with Crippen molar-refractivity contribution in [3.8, 4) is 0 Å². The molecule has 4 N–H and O–H groups in total. The number of piperidine rings is 1. The van der Waals surface area contributed by atoms with Gasteiger partial charge in [0.15, 0.2) is 5.60 Å². The number of aliphatic hydroxyl groups is 1. The number of nitrogens with zero attached hydrogens (tertiary/aromatic N) is 1. The summed E-state index contributed by atoms with van der Waals surface area (Å²) in [6.07, 6.45) is 0.856. The first-order valence-electron chi connectivity index (χ1n) is 8.49. The molecule has 1 unspecified atom stereocenters. The number of carbonyl (C=O) groups excluding carboxylic acids is 3. The van der Waals surface area contributed by atoms with Gasteiger partial charge in [-0.2, -0.15) is 0 Å². The van der Waals surface area contributed by atoms with Gasteiger partial charge in [-0.05, 0) is 45.7 Å². The average molecular weight is 383 g/mol. The van der Waals surface area contributed by atoms with Crippen LogP contribution >= 0.6 is 11.3 Å². The molecular formula is C17H25N3O5S. The summed E-state index contributed by atoms with van der Waals surface area (Å²) in [6.45, 7) is 6.25. The highest BCUT2D eigenvalue weighted by Gasteiger charge is 2.39. The molecular weight excluding hydrogens is 358 g/mol. The third-order valence-electron chi connectivity index (χ3n) is 4.49. The molecule has 1 atom stereocenters. The molecule has 0 saturated carbocycles. The topological polar surface area (TPSA) is 122 Å². The Balaban J connectivity index is 2.07. The fraction of sp³-hybridized carbons (Fsp3) is 0.588. The molecule has 1 aliphatic rings. The van der Waals surface area contributed by atoms with Crippen molar-refractivity contribution in [1.29, 1.82) is 0 Å². The first kappa shape index (κ1) is 20.3. The Morgan fingerprint density at radius 1 is 1.38 bits per heavy atom. The van der Waals surface area contributed by atoms with Crippen molar-refractivity contribution < 1.29 is 24.2 Å². The van der Waals surface area contributed by atoms with Crippen LogP contribution in [0, 0.1) is 13.8 Å². The van der Waals surface area contributed by atoms with Gasteiger partial charge in [0.05, 0.1) is 18.7 Å². The van der Waals surface area contributed by atoms with Crippen LogP contribution in [0.25, 0.3) is 0 Å². The molecule has 8 nitrogen and oxygen atoms in total. The molecule has 0 aliphatic carbocycles. The number of anilines is 1. The van der Waals surface area contributed by atoms with Crippen LogP contribution in [0.4, 0.5) is 5.00 Å². The standard InChI is InChI=1S/C17H25N3O5S/c1-4-25-15(22)13-10(2)11(3)26-14(13)19-12(21)8-20-7-5-6-17(24,9-20)16(18)23/h24H,4-9H2,1-3H3,(H2,18,23)(H,19,21). The Morgan fingerprint density at radius 2 is 2.08 bits per heavy atom. The maximum absolute atomic E-state index is 12.4. The van der Waals surface area contributed by atoms with E-state index in [9.17, 15) is 19.5 Å². The summed E-state index contributed by atoms with van der Waals surface area (Å²) in [5, 5.41) is 13.4. The zero-order valence-electron chi connectivity index (χ0n) is 15.3. The number of primary amides is 1. The van der Waals surface area contributed by atoms with E-state index in [0.717, 1.165) is 10.4 Å². The molecule has 2 rings (SSSR count). The molecule has 0 aromatic carbocycles. The van der Waals surface area contributed by atoms with Gasteiger partial charge in [0.1, 0.15) is 5.00 Å². The molecule has 1 fully saturated rings. The second kappa shape index (κ2) is 8.15. The van der Waals surface area contributed by atoms with Gasteiger partial charge in [-0.25, -0.2) is 4.79 Å². The van der Waals surface area contributed by atoms with Crippen molar-refractivity contribution in [3.63, 3.8) is 0 Å². The van der Waals surface area contributed by atoms with E-state index < -0.39 is 17.5 Å². The fourth-order valence-electron chi connectivity index (χ4n) is 2.99. The van der Waals surface area contributed by atoms with Gasteiger partial charge in [0.2, 0.25) is 5.91 Å². The van der Waals surface area contributed by atoms with Crippen LogP contribution in [0.3, 0.4) is 0 Å². The molecule has 1 aliphatic heterocycles. The highest BCUT2D eigenvalue weighted by atomic mass is 32.1. The van der Waals surface area contributed by atoms with E-state index in [2.05, 4.69) is 5.32 Å². The van der Waals surface area contributed by atoms with Gasteiger partial charge < -0.3 is 20.9 Å². The number of nitrogens with two attached hydrogens (primary N) is 1. The van der Waals surface area contributed by atoms with E-state index in [4.69, 9.17) is 10.5 Å². The summed E-state index contributed by atoms with van der Waals surface area (Å²) in [4.78, 5) is 38.6. The number of thiophene rings is 1. The summed E-state index contributed by atoms with van der Waals surface area (Å²) in [5.74, 6) is -1.58. The SMILES string of the molecule is CCOC(=O)c1c(NC(=O)CN2CCCC(O)(C(N)=O)C2)sc(C)c1C. The molecule has 0 bridgehead atoms. The van der Waals surface area contributed by atoms with Crippen LogP contribution in [0.15, 0.2) is 0 Å². The van der Waals surface area contributed by atoms with Crippen molar-refractivity contribution in [3.05, 3.63) is 16.0 Å². The van der Waals surface area contributed by atoms with Gasteiger partial charge in [-0.3, -0.25) is 14.5 Å². The molecule has 0 radical (unpaired) electrons. The smallest absolute Gasteiger partial charge is 0.341 e. The van der Waals surface area contributed by atoms with Crippen LogP contribution < -0.4 is 11.1 Å². The minimum atomic E-state index is -1.61. The second-order valence-electron chi connectivity index (χ2n) is 6.47. The summed E-state index contributed by atoms with van der Waals surface area (Å²) < 4.78 is 5.07. The molecule has 0 spiro atoms. The van der Waals surface area contributed by atoms with E-state index >= 15 is 0 Å². The highest BCUT2D eigenvalue weighted by Crippen LogP contribution is 2.33. The van der Waals surface area contributed by atoms with Crippen molar-refractivity contribution in [2.45, 2.75) is 39.2 Å². The molecule has 26 heavy (non-hydrogen) atoms. The Labute approximate surface area is 156 Å². The Hall–Kier alpha value is -1.97. The minimum Gasteiger partial charge on any atom is -0.462 e. The molecule has 1 aromatic rings. The molecule has 144 valence electrons. The molecule has 2 heterocycles. The lowest BCUT2D eigenvalue weighted by Gasteiger charge is -2.36. The summed E-state index contributed by atoms with van der Waals surface area (Å²) in [6, 6.07) is 0. The lowest BCUT2D eigenvalue weighted by molar-refractivity contribution is -0.143. The predicted molar refractivity (Wildman–Crippen MR) is 98.2 cm³/mol. The Morgan fingerprint density at radius 3 is 2.69 bits per heavy atom. The first-order valence-corrected chi connectivity index (χ1v) is 9.31. The number of ether oxygens (including phenoxy) is 1. The van der Waals surface area contributed by atoms with Gasteiger partial charge in [-0.15, -0.1) is 11.3 Å². The van der Waals surface area contributed by atoms with E-state index in [1.165, 1.54) is 11.3 Å². The maximum Gasteiger partial charge on any atom is 0.341 e. The van der Waals surface area contributed by atoms with E-state index in [-0.39, 0.29) is 32.0 Å². The molecule has 1 aromatic heterocycles. The molecule has 2 amide bonds. The number of β-amino-alcohol motifs (C(OH)–C–C–N with tert-alkyl or cyclic N) is 1. The number of hydrogen-bond donors (Lipinski definition) is 3. The number of hydrogen-bond acceptors (Lipinski definition) is 7. The number of carbonyl (C=O) groups is 3. The largest absolute Gasteiger partial charge is 0.462 e. The third kappa shape index (κ3) is 4.40. The van der Waals surface area contributed by atoms with Crippen molar-refractivity contribution in [2.75, 3.05) is 31.6 Å². The number of aryl methyl sites for hydroxylation is 1. The number of esters is 1. The lowest BCUT2D eigenvalue weighted by Crippen LogP contribution is -2.56. The quantitative estimate of drug-likeness (QED) is 0.625. The monoisotopic (exact) mass is 383 g/mol. The number of rotatable bonds is 6. The van der Waals surface area contributed by atoms with E-state index in [1.54, 1.807) is 11.8 Å². The molecule has 1 saturated heterocycles. The zero-order valence-corrected chi connectivity index (χ0v) is 16.1. The van der Waals surface area contributed by atoms with Crippen molar-refractivity contribution >= 4 is 34.1 Å². The van der Waals surface area contributed by atoms with Crippen LogP contribution in [0.1, 0.15) is 40.6 Å². The van der Waals surface area contributed by atoms with Crippen LogP contribution in [-0.4, -0.2) is 59.6 Å². The summed E-state index contributed by atoms with van der Waals surface area (Å²) in [7, 11) is 0. The number of nitrogens with one attached hydrogen (secondary N) is 1. The van der Waals surface area contributed by atoms with Crippen LogP contribution in [-0.2, 0) is 14.3 Å². The Bertz CT molecular complexity index is 717. The Kier molecular flexibility index (Phi) is 6.38. The second-order valence-corrected chi connectivity index (χ2v) is 7.69. The van der Waals surface area contributed by atoms with Crippen LogP contribution in [0.5, 0.6) is 0 Å². The van der Waals surface area contributed by atoms with Gasteiger partial charge in [0, 0.05) is 11.4 Å². The van der Waals surface area contributed by atoms with Gasteiger partial charge in [-0.1, -0.05) is 0 Å².